The van der Waals surface area contributed by atoms with Gasteiger partial charge in [-0.2, -0.15) is 0 Å². The number of aliphatic carboxylic acids is 1. The minimum absolute atomic E-state index is 0.0139. The molecule has 1 aromatic heterocycles. The zero-order chi connectivity index (χ0) is 9.84. The molecule has 1 rings (SSSR count). The van der Waals surface area contributed by atoms with Crippen molar-refractivity contribution in [3.63, 3.8) is 0 Å². The van der Waals surface area contributed by atoms with Crippen LogP contribution in [0.5, 0.6) is 0 Å². The zero-order valence-electron chi connectivity index (χ0n) is 7.01. The lowest BCUT2D eigenvalue weighted by Crippen LogP contribution is -2.16. The third-order valence-electron chi connectivity index (χ3n) is 1.61. The topological polar surface area (TPSA) is 80.9 Å². The summed E-state index contributed by atoms with van der Waals surface area (Å²) >= 11 is 0. The fourth-order valence-electron chi connectivity index (χ4n) is 0.871. The van der Waals surface area contributed by atoms with Crippen LogP contribution in [0.15, 0.2) is 0 Å². The molecule has 72 valence electrons. The number of carboxylic acids is 1. The van der Waals surface area contributed by atoms with Crippen LogP contribution in [0, 0.1) is 0 Å². The van der Waals surface area contributed by atoms with Gasteiger partial charge in [-0.1, -0.05) is 0 Å². The first-order valence-electron chi connectivity index (χ1n) is 3.71. The van der Waals surface area contributed by atoms with Gasteiger partial charge < -0.3 is 5.11 Å². The number of hydrogen-bond acceptors (Lipinski definition) is 4. The molecule has 1 atom stereocenters. The number of aromatic nitrogens is 4. The van der Waals surface area contributed by atoms with E-state index in [2.05, 4.69) is 15.5 Å². The fourth-order valence-corrected chi connectivity index (χ4v) is 0.871. The van der Waals surface area contributed by atoms with Crippen molar-refractivity contribution in [2.75, 3.05) is 6.67 Å². The second kappa shape index (κ2) is 3.92. The number of tetrazole rings is 1. The van der Waals surface area contributed by atoms with Crippen LogP contribution in [0.4, 0.5) is 4.39 Å². The Labute approximate surface area is 73.4 Å². The molecular formula is C6H9FN4O2. The Morgan fingerprint density at radius 2 is 2.46 bits per heavy atom. The van der Waals surface area contributed by atoms with Gasteiger partial charge in [-0.05, 0) is 17.4 Å². The van der Waals surface area contributed by atoms with E-state index in [0.29, 0.717) is 0 Å². The molecule has 0 spiro atoms. The van der Waals surface area contributed by atoms with Crippen molar-refractivity contribution in [2.24, 2.45) is 0 Å². The van der Waals surface area contributed by atoms with E-state index >= 15 is 0 Å². The van der Waals surface area contributed by atoms with Crippen LogP contribution in [0.1, 0.15) is 18.7 Å². The van der Waals surface area contributed by atoms with E-state index in [1.165, 1.54) is 6.92 Å². The minimum atomic E-state index is -1.03. The highest BCUT2D eigenvalue weighted by atomic mass is 19.1. The number of hydrogen-bond donors (Lipinski definition) is 1. The summed E-state index contributed by atoms with van der Waals surface area (Å²) in [5.74, 6) is -1.68. The second-order valence-electron chi connectivity index (χ2n) is 2.51. The summed E-state index contributed by atoms with van der Waals surface area (Å²) < 4.78 is 13.1. The van der Waals surface area contributed by atoms with Gasteiger partial charge in [0.15, 0.2) is 5.82 Å². The van der Waals surface area contributed by atoms with Crippen molar-refractivity contribution in [1.82, 2.24) is 20.2 Å². The lowest BCUT2D eigenvalue weighted by molar-refractivity contribution is -0.138. The third kappa shape index (κ3) is 1.98. The maximum atomic E-state index is 11.9. The molecule has 0 saturated carbocycles. The van der Waals surface area contributed by atoms with Crippen LogP contribution >= 0.6 is 0 Å². The summed E-state index contributed by atoms with van der Waals surface area (Å²) in [4.78, 5) is 10.6. The van der Waals surface area contributed by atoms with Crippen LogP contribution in [0.2, 0.25) is 0 Å². The predicted molar refractivity (Wildman–Crippen MR) is 39.8 cm³/mol. The first kappa shape index (κ1) is 9.56. The molecule has 0 bridgehead atoms. The number of halogens is 1. The smallest absolute Gasteiger partial charge is 0.314 e. The molecule has 1 heterocycles. The number of alkyl halides is 1. The van der Waals surface area contributed by atoms with Crippen molar-refractivity contribution in [3.8, 4) is 0 Å². The monoisotopic (exact) mass is 188 g/mol. The highest BCUT2D eigenvalue weighted by molar-refractivity contribution is 5.74. The standard InChI is InChI=1S/C6H9FN4O2/c1-4(6(12)13)5-8-9-10-11(5)3-2-7/h4H,2-3H2,1H3,(H,12,13). The maximum Gasteiger partial charge on any atom is 0.314 e. The first-order chi connectivity index (χ1) is 6.16. The van der Waals surface area contributed by atoms with Crippen LogP contribution in [0.25, 0.3) is 0 Å². The summed E-state index contributed by atoms with van der Waals surface area (Å²) in [7, 11) is 0. The van der Waals surface area contributed by atoms with Crippen molar-refractivity contribution < 1.29 is 14.3 Å². The van der Waals surface area contributed by atoms with Crippen LogP contribution in [0.3, 0.4) is 0 Å². The molecule has 0 amide bonds. The van der Waals surface area contributed by atoms with E-state index in [4.69, 9.17) is 5.11 Å². The van der Waals surface area contributed by atoms with E-state index < -0.39 is 18.6 Å². The van der Waals surface area contributed by atoms with E-state index in [-0.39, 0.29) is 12.4 Å². The molecule has 0 aromatic carbocycles. The van der Waals surface area contributed by atoms with Crippen molar-refractivity contribution in [1.29, 1.82) is 0 Å². The maximum absolute atomic E-state index is 11.9. The van der Waals surface area contributed by atoms with Crippen molar-refractivity contribution >= 4 is 5.97 Å². The summed E-state index contributed by atoms with van der Waals surface area (Å²) in [6, 6.07) is 0. The van der Waals surface area contributed by atoms with Gasteiger partial charge in [0.05, 0.1) is 6.54 Å². The Morgan fingerprint density at radius 3 is 3.00 bits per heavy atom. The summed E-state index contributed by atoms with van der Waals surface area (Å²) in [5.41, 5.74) is 0. The second-order valence-corrected chi connectivity index (χ2v) is 2.51. The van der Waals surface area contributed by atoms with Gasteiger partial charge in [-0.15, -0.1) is 5.10 Å². The first-order valence-corrected chi connectivity index (χ1v) is 3.71. The van der Waals surface area contributed by atoms with Gasteiger partial charge in [0, 0.05) is 0 Å². The lowest BCUT2D eigenvalue weighted by Gasteiger charge is -2.04. The van der Waals surface area contributed by atoms with Gasteiger partial charge in [-0.3, -0.25) is 4.79 Å². The van der Waals surface area contributed by atoms with Gasteiger partial charge >= 0.3 is 5.97 Å². The molecule has 13 heavy (non-hydrogen) atoms. The Morgan fingerprint density at radius 1 is 1.77 bits per heavy atom. The molecule has 6 nitrogen and oxygen atoms in total. The van der Waals surface area contributed by atoms with Crippen LogP contribution in [-0.4, -0.2) is 38.0 Å². The summed E-state index contributed by atoms with van der Waals surface area (Å²) in [5, 5.41) is 18.9. The normalized spacial score (nSPS) is 12.8. The summed E-state index contributed by atoms with van der Waals surface area (Å²) in [6.07, 6.45) is 0. The molecule has 0 aliphatic carbocycles. The molecule has 0 fully saturated rings. The Hall–Kier alpha value is -1.53. The number of rotatable bonds is 4. The Bertz CT molecular complexity index is 301. The number of carboxylic acid groups (broad SMARTS) is 1. The molecule has 0 aliphatic heterocycles. The molecule has 0 aliphatic rings. The predicted octanol–water partition coefficient (Wildman–Crippen LogP) is -0.169. The average molecular weight is 188 g/mol. The van der Waals surface area contributed by atoms with Crippen molar-refractivity contribution in [2.45, 2.75) is 19.4 Å². The van der Waals surface area contributed by atoms with Crippen LogP contribution < -0.4 is 0 Å². The molecule has 1 N–H and O–H groups in total. The Kier molecular flexibility index (Phi) is 2.88. The van der Waals surface area contributed by atoms with E-state index in [1.54, 1.807) is 0 Å². The zero-order valence-corrected chi connectivity index (χ0v) is 7.01. The molecule has 1 aromatic rings. The van der Waals surface area contributed by atoms with E-state index in [0.717, 1.165) is 4.68 Å². The number of carbonyl (C=O) groups is 1. The summed E-state index contributed by atoms with van der Waals surface area (Å²) in [6.45, 7) is 0.813. The lowest BCUT2D eigenvalue weighted by atomic mass is 10.2. The average Bonchev–Trinajstić information content (AvgIpc) is 2.52. The molecule has 7 heteroatoms. The van der Waals surface area contributed by atoms with Crippen LogP contribution in [-0.2, 0) is 11.3 Å². The quantitative estimate of drug-likeness (QED) is 0.709. The molecule has 1 unspecified atom stereocenters. The van der Waals surface area contributed by atoms with E-state index in [1.807, 2.05) is 0 Å². The molecule has 0 radical (unpaired) electrons. The fraction of sp³-hybridized carbons (Fsp3) is 0.667. The Balaban J connectivity index is 2.86. The van der Waals surface area contributed by atoms with Gasteiger partial charge in [0.25, 0.3) is 0 Å². The number of aryl methyl sites for hydroxylation is 1. The molecule has 0 saturated heterocycles. The number of nitrogens with zero attached hydrogens (tertiary/aromatic N) is 4. The minimum Gasteiger partial charge on any atom is -0.481 e. The highest BCUT2D eigenvalue weighted by Crippen LogP contribution is 2.10. The van der Waals surface area contributed by atoms with E-state index in [9.17, 15) is 9.18 Å². The SMILES string of the molecule is CC(C(=O)O)c1nnnn1CCF. The molecular weight excluding hydrogens is 179 g/mol. The van der Waals surface area contributed by atoms with Crippen molar-refractivity contribution in [3.05, 3.63) is 5.82 Å². The van der Waals surface area contributed by atoms with Gasteiger partial charge in [0.2, 0.25) is 0 Å². The van der Waals surface area contributed by atoms with Gasteiger partial charge in [0.1, 0.15) is 12.6 Å². The highest BCUT2D eigenvalue weighted by Gasteiger charge is 2.20. The van der Waals surface area contributed by atoms with Gasteiger partial charge in [-0.25, -0.2) is 9.07 Å². The largest absolute Gasteiger partial charge is 0.481 e. The third-order valence-corrected chi connectivity index (χ3v) is 1.61.